The molecule has 0 amide bonds. The summed E-state index contributed by atoms with van der Waals surface area (Å²) >= 11 is 0. The van der Waals surface area contributed by atoms with Crippen LogP contribution in [0.5, 0.6) is 5.75 Å². The SMILES string of the molecule is CN=C(NCc1cc(C(C)C)no1)NCc1ccc(C)cc1OC.I. The third kappa shape index (κ3) is 6.22. The number of rotatable bonds is 6. The molecule has 25 heavy (non-hydrogen) atoms. The van der Waals surface area contributed by atoms with Gasteiger partial charge in [0, 0.05) is 25.2 Å². The first kappa shape index (κ1) is 21.3. The van der Waals surface area contributed by atoms with E-state index in [2.05, 4.69) is 46.8 Å². The monoisotopic (exact) mass is 458 g/mol. The van der Waals surface area contributed by atoms with Gasteiger partial charge >= 0.3 is 0 Å². The first-order chi connectivity index (χ1) is 11.5. The molecule has 2 N–H and O–H groups in total. The second-order valence-corrected chi connectivity index (χ2v) is 5.97. The Labute approximate surface area is 166 Å². The third-order valence-electron chi connectivity index (χ3n) is 3.71. The lowest BCUT2D eigenvalue weighted by atomic mass is 10.1. The highest BCUT2D eigenvalue weighted by Gasteiger charge is 2.09. The van der Waals surface area contributed by atoms with Gasteiger partial charge in [-0.25, -0.2) is 0 Å². The van der Waals surface area contributed by atoms with Crippen molar-refractivity contribution in [1.29, 1.82) is 0 Å². The molecule has 0 atom stereocenters. The largest absolute Gasteiger partial charge is 0.496 e. The first-order valence-electron chi connectivity index (χ1n) is 8.07. The number of benzene rings is 1. The molecule has 1 aromatic carbocycles. The van der Waals surface area contributed by atoms with E-state index in [9.17, 15) is 0 Å². The van der Waals surface area contributed by atoms with Crippen LogP contribution in [0.4, 0.5) is 0 Å². The van der Waals surface area contributed by atoms with Gasteiger partial charge in [-0.05, 0) is 24.5 Å². The van der Waals surface area contributed by atoms with E-state index in [1.807, 2.05) is 19.1 Å². The summed E-state index contributed by atoms with van der Waals surface area (Å²) < 4.78 is 10.7. The number of hydrogen-bond acceptors (Lipinski definition) is 4. The number of nitrogens with zero attached hydrogens (tertiary/aromatic N) is 2. The molecule has 0 aliphatic heterocycles. The summed E-state index contributed by atoms with van der Waals surface area (Å²) in [5.74, 6) is 2.71. The predicted octanol–water partition coefficient (Wildman–Crippen LogP) is 3.60. The molecular weight excluding hydrogens is 431 g/mol. The minimum atomic E-state index is 0. The second kappa shape index (κ2) is 10.3. The average molecular weight is 458 g/mol. The number of methoxy groups -OCH3 is 1. The van der Waals surface area contributed by atoms with Crippen molar-refractivity contribution in [2.75, 3.05) is 14.2 Å². The van der Waals surface area contributed by atoms with Crippen LogP contribution < -0.4 is 15.4 Å². The van der Waals surface area contributed by atoms with E-state index in [1.54, 1.807) is 14.2 Å². The minimum absolute atomic E-state index is 0. The van der Waals surface area contributed by atoms with Crippen molar-refractivity contribution in [3.63, 3.8) is 0 Å². The Morgan fingerprint density at radius 3 is 2.56 bits per heavy atom. The molecule has 2 aromatic rings. The van der Waals surface area contributed by atoms with E-state index in [-0.39, 0.29) is 24.0 Å². The maximum Gasteiger partial charge on any atom is 0.191 e. The van der Waals surface area contributed by atoms with Crippen molar-refractivity contribution in [3.05, 3.63) is 46.8 Å². The van der Waals surface area contributed by atoms with Gasteiger partial charge < -0.3 is 19.9 Å². The van der Waals surface area contributed by atoms with Crippen LogP contribution in [0.1, 0.15) is 42.3 Å². The van der Waals surface area contributed by atoms with Crippen LogP contribution in [0.25, 0.3) is 0 Å². The fourth-order valence-electron chi connectivity index (χ4n) is 2.25. The minimum Gasteiger partial charge on any atom is -0.496 e. The van der Waals surface area contributed by atoms with E-state index >= 15 is 0 Å². The molecule has 7 heteroatoms. The average Bonchev–Trinajstić information content (AvgIpc) is 3.05. The number of aliphatic imine (C=N–C) groups is 1. The summed E-state index contributed by atoms with van der Waals surface area (Å²) in [4.78, 5) is 4.22. The van der Waals surface area contributed by atoms with Crippen molar-refractivity contribution in [2.45, 2.75) is 39.8 Å². The number of aromatic nitrogens is 1. The molecule has 0 unspecified atom stereocenters. The Morgan fingerprint density at radius 1 is 1.24 bits per heavy atom. The third-order valence-corrected chi connectivity index (χ3v) is 3.71. The summed E-state index contributed by atoms with van der Waals surface area (Å²) in [6.07, 6.45) is 0. The van der Waals surface area contributed by atoms with Gasteiger partial charge in [0.2, 0.25) is 0 Å². The molecular formula is C18H27IN4O2. The molecule has 0 bridgehead atoms. The molecule has 0 saturated carbocycles. The summed E-state index contributed by atoms with van der Waals surface area (Å²) in [6, 6.07) is 8.11. The van der Waals surface area contributed by atoms with Gasteiger partial charge in [-0.1, -0.05) is 31.1 Å². The van der Waals surface area contributed by atoms with Gasteiger partial charge in [0.15, 0.2) is 11.7 Å². The molecule has 2 rings (SSSR count). The van der Waals surface area contributed by atoms with Crippen LogP contribution in [0.2, 0.25) is 0 Å². The summed E-state index contributed by atoms with van der Waals surface area (Å²) in [5, 5.41) is 10.6. The van der Waals surface area contributed by atoms with Gasteiger partial charge in [0.25, 0.3) is 0 Å². The van der Waals surface area contributed by atoms with Gasteiger partial charge in [-0.3, -0.25) is 4.99 Å². The molecule has 0 saturated heterocycles. The number of guanidine groups is 1. The molecule has 0 fully saturated rings. The number of nitrogens with one attached hydrogen (secondary N) is 2. The van der Waals surface area contributed by atoms with Crippen LogP contribution in [0.3, 0.4) is 0 Å². The number of halogens is 1. The van der Waals surface area contributed by atoms with Crippen LogP contribution >= 0.6 is 24.0 Å². The smallest absolute Gasteiger partial charge is 0.191 e. The normalized spacial score (nSPS) is 11.2. The fraction of sp³-hybridized carbons (Fsp3) is 0.444. The lowest BCUT2D eigenvalue weighted by Crippen LogP contribution is -2.36. The highest BCUT2D eigenvalue weighted by atomic mass is 127. The lowest BCUT2D eigenvalue weighted by Gasteiger charge is -2.13. The second-order valence-electron chi connectivity index (χ2n) is 5.97. The van der Waals surface area contributed by atoms with Crippen molar-refractivity contribution < 1.29 is 9.26 Å². The number of ether oxygens (including phenoxy) is 1. The highest BCUT2D eigenvalue weighted by molar-refractivity contribution is 14.0. The summed E-state index contributed by atoms with van der Waals surface area (Å²) in [6.45, 7) is 7.37. The van der Waals surface area contributed by atoms with Gasteiger partial charge in [0.1, 0.15) is 5.75 Å². The van der Waals surface area contributed by atoms with Gasteiger partial charge in [-0.2, -0.15) is 0 Å². The van der Waals surface area contributed by atoms with Crippen LogP contribution in [0.15, 0.2) is 33.8 Å². The van der Waals surface area contributed by atoms with Crippen LogP contribution in [-0.2, 0) is 13.1 Å². The molecule has 0 radical (unpaired) electrons. The topological polar surface area (TPSA) is 71.7 Å². The Morgan fingerprint density at radius 2 is 1.96 bits per heavy atom. The van der Waals surface area contributed by atoms with Gasteiger partial charge in [0.05, 0.1) is 19.3 Å². The van der Waals surface area contributed by atoms with Crippen LogP contribution in [-0.4, -0.2) is 25.3 Å². The van der Waals surface area contributed by atoms with Crippen molar-refractivity contribution in [2.24, 2.45) is 4.99 Å². The molecule has 6 nitrogen and oxygen atoms in total. The van der Waals surface area contributed by atoms with Crippen LogP contribution in [0, 0.1) is 6.92 Å². The standard InChI is InChI=1S/C18H26N4O2.HI/c1-12(2)16-9-15(24-22-16)11-21-18(19-4)20-10-14-7-6-13(3)8-17(14)23-5;/h6-9,12H,10-11H2,1-5H3,(H2,19,20,21);1H. The molecule has 1 aromatic heterocycles. The maximum atomic E-state index is 5.42. The highest BCUT2D eigenvalue weighted by Crippen LogP contribution is 2.19. The Bertz CT molecular complexity index is 698. The first-order valence-corrected chi connectivity index (χ1v) is 8.07. The molecule has 138 valence electrons. The van der Waals surface area contributed by atoms with E-state index in [1.165, 1.54) is 5.56 Å². The van der Waals surface area contributed by atoms with E-state index in [4.69, 9.17) is 9.26 Å². The Hall–Kier alpha value is -1.77. The van der Waals surface area contributed by atoms with E-state index in [0.29, 0.717) is 25.0 Å². The zero-order valence-electron chi connectivity index (χ0n) is 15.4. The molecule has 0 spiro atoms. The Kier molecular flexibility index (Phi) is 8.74. The number of hydrogen-bond donors (Lipinski definition) is 2. The molecule has 0 aliphatic rings. The van der Waals surface area contributed by atoms with Crippen molar-refractivity contribution in [3.8, 4) is 5.75 Å². The predicted molar refractivity (Wildman–Crippen MR) is 111 cm³/mol. The van der Waals surface area contributed by atoms with E-state index in [0.717, 1.165) is 22.8 Å². The van der Waals surface area contributed by atoms with E-state index < -0.39 is 0 Å². The zero-order chi connectivity index (χ0) is 17.5. The molecule has 0 aliphatic carbocycles. The summed E-state index contributed by atoms with van der Waals surface area (Å²) in [5.41, 5.74) is 3.20. The van der Waals surface area contributed by atoms with Crippen molar-refractivity contribution >= 4 is 29.9 Å². The molecule has 1 heterocycles. The Balaban J connectivity index is 0.00000312. The van der Waals surface area contributed by atoms with Crippen molar-refractivity contribution in [1.82, 2.24) is 15.8 Å². The quantitative estimate of drug-likeness (QED) is 0.393. The van der Waals surface area contributed by atoms with Gasteiger partial charge in [-0.15, -0.1) is 24.0 Å². The summed E-state index contributed by atoms with van der Waals surface area (Å²) in [7, 11) is 3.42. The number of aryl methyl sites for hydroxylation is 1. The lowest BCUT2D eigenvalue weighted by molar-refractivity contribution is 0.372. The maximum absolute atomic E-state index is 5.42. The fourth-order valence-corrected chi connectivity index (χ4v) is 2.25. The zero-order valence-corrected chi connectivity index (χ0v) is 17.8.